The van der Waals surface area contributed by atoms with Crippen LogP contribution in [0.25, 0.3) is 10.9 Å². The van der Waals surface area contributed by atoms with Gasteiger partial charge in [-0.25, -0.2) is 4.98 Å². The molecule has 0 aliphatic carbocycles. The molecule has 0 saturated heterocycles. The summed E-state index contributed by atoms with van der Waals surface area (Å²) in [6.45, 7) is 1.98. The number of rotatable bonds is 5. The number of thioether (sulfide) groups is 1. The van der Waals surface area contributed by atoms with Gasteiger partial charge in [0.15, 0.2) is 0 Å². The Morgan fingerprint density at radius 1 is 1.50 bits per heavy atom. The number of nitrogens with two attached hydrogens (primary N) is 1. The molecule has 0 radical (unpaired) electrons. The standard InChI is InChI=1S/C14H16N2O3S/c1-8-5-13(20-7-11(15)14(17)18)16-12-4-3-9(19-2)6-10(8)12/h3-6,11H,7,15H2,1-2H3,(H,17,18)/p-1. The van der Waals surface area contributed by atoms with E-state index in [2.05, 4.69) is 4.98 Å². The monoisotopic (exact) mass is 291 g/mol. The van der Waals surface area contributed by atoms with Crippen molar-refractivity contribution in [2.45, 2.75) is 18.0 Å². The number of carboxylic acids is 1. The molecule has 1 aromatic carbocycles. The van der Waals surface area contributed by atoms with Gasteiger partial charge in [-0.2, -0.15) is 0 Å². The summed E-state index contributed by atoms with van der Waals surface area (Å²) in [5, 5.41) is 12.3. The number of aryl methyl sites for hydroxylation is 1. The van der Waals surface area contributed by atoms with E-state index in [4.69, 9.17) is 10.5 Å². The van der Waals surface area contributed by atoms with Gasteiger partial charge in [0.1, 0.15) is 5.75 Å². The summed E-state index contributed by atoms with van der Waals surface area (Å²) in [5.41, 5.74) is 7.32. The molecule has 20 heavy (non-hydrogen) atoms. The third kappa shape index (κ3) is 3.20. The Morgan fingerprint density at radius 3 is 2.90 bits per heavy atom. The molecule has 106 valence electrons. The Bertz CT molecular complexity index is 646. The van der Waals surface area contributed by atoms with Gasteiger partial charge in [0.05, 0.1) is 29.7 Å². The van der Waals surface area contributed by atoms with Crippen LogP contribution in [0.3, 0.4) is 0 Å². The molecule has 1 unspecified atom stereocenters. The van der Waals surface area contributed by atoms with Gasteiger partial charge in [0, 0.05) is 11.1 Å². The number of aromatic nitrogens is 1. The van der Waals surface area contributed by atoms with E-state index in [1.165, 1.54) is 11.8 Å². The smallest absolute Gasteiger partial charge is 0.119 e. The van der Waals surface area contributed by atoms with Crippen LogP contribution in [-0.2, 0) is 4.79 Å². The molecule has 1 atom stereocenters. The highest BCUT2D eigenvalue weighted by molar-refractivity contribution is 7.99. The first-order chi connectivity index (χ1) is 9.51. The van der Waals surface area contributed by atoms with Crippen molar-refractivity contribution in [2.24, 2.45) is 5.73 Å². The third-order valence-electron chi connectivity index (χ3n) is 2.91. The Morgan fingerprint density at radius 2 is 2.25 bits per heavy atom. The number of aliphatic carboxylic acids is 1. The topological polar surface area (TPSA) is 88.3 Å². The number of nitrogens with zero attached hydrogens (tertiary/aromatic N) is 1. The number of carboxylic acid groups (broad SMARTS) is 1. The van der Waals surface area contributed by atoms with Crippen LogP contribution < -0.4 is 15.6 Å². The maximum atomic E-state index is 10.6. The van der Waals surface area contributed by atoms with Crippen molar-refractivity contribution in [2.75, 3.05) is 12.9 Å². The van der Waals surface area contributed by atoms with Gasteiger partial charge in [-0.15, -0.1) is 11.8 Å². The third-order valence-corrected chi connectivity index (χ3v) is 3.94. The molecule has 2 aromatic rings. The van der Waals surface area contributed by atoms with Crippen molar-refractivity contribution in [3.8, 4) is 5.75 Å². The number of carbonyl (C=O) groups excluding carboxylic acids is 1. The van der Waals surface area contributed by atoms with E-state index in [0.717, 1.165) is 27.2 Å². The van der Waals surface area contributed by atoms with Gasteiger partial charge in [-0.1, -0.05) is 0 Å². The van der Waals surface area contributed by atoms with E-state index in [1.807, 2.05) is 31.2 Å². The van der Waals surface area contributed by atoms with Crippen LogP contribution in [0, 0.1) is 6.92 Å². The van der Waals surface area contributed by atoms with Gasteiger partial charge in [-0.05, 0) is 36.8 Å². The zero-order chi connectivity index (χ0) is 14.7. The fourth-order valence-corrected chi connectivity index (χ4v) is 2.70. The molecule has 0 aliphatic rings. The predicted molar refractivity (Wildman–Crippen MR) is 76.7 cm³/mol. The highest BCUT2D eigenvalue weighted by atomic mass is 32.2. The van der Waals surface area contributed by atoms with E-state index in [-0.39, 0.29) is 5.75 Å². The second-order valence-corrected chi connectivity index (χ2v) is 5.44. The average Bonchev–Trinajstić information content (AvgIpc) is 2.44. The fourth-order valence-electron chi connectivity index (χ4n) is 1.79. The summed E-state index contributed by atoms with van der Waals surface area (Å²) in [6.07, 6.45) is 0. The van der Waals surface area contributed by atoms with E-state index < -0.39 is 12.0 Å². The van der Waals surface area contributed by atoms with E-state index >= 15 is 0 Å². The first kappa shape index (κ1) is 14.6. The van der Waals surface area contributed by atoms with Crippen molar-refractivity contribution in [3.05, 3.63) is 29.8 Å². The Labute approximate surface area is 121 Å². The van der Waals surface area contributed by atoms with Crippen molar-refractivity contribution in [1.82, 2.24) is 4.98 Å². The number of benzene rings is 1. The molecular formula is C14H15N2O3S-. The SMILES string of the molecule is COc1ccc2nc(SCC(N)C(=O)[O-])cc(C)c2c1. The van der Waals surface area contributed by atoms with Gasteiger partial charge in [-0.3, -0.25) is 0 Å². The first-order valence-electron chi connectivity index (χ1n) is 6.06. The first-order valence-corrected chi connectivity index (χ1v) is 7.04. The van der Waals surface area contributed by atoms with Gasteiger partial charge in [0.2, 0.25) is 0 Å². The molecule has 1 aromatic heterocycles. The van der Waals surface area contributed by atoms with Crippen LogP contribution in [0.1, 0.15) is 5.56 Å². The van der Waals surface area contributed by atoms with Crippen LogP contribution in [0.5, 0.6) is 5.75 Å². The minimum atomic E-state index is -1.25. The minimum Gasteiger partial charge on any atom is -0.548 e. The number of ether oxygens (including phenoxy) is 1. The summed E-state index contributed by atoms with van der Waals surface area (Å²) in [7, 11) is 1.62. The van der Waals surface area contributed by atoms with E-state index in [0.29, 0.717) is 0 Å². The van der Waals surface area contributed by atoms with Crippen molar-refractivity contribution < 1.29 is 14.6 Å². The predicted octanol–water partition coefficient (Wildman–Crippen LogP) is 0.721. The van der Waals surface area contributed by atoms with Crippen molar-refractivity contribution in [3.63, 3.8) is 0 Å². The molecule has 1 heterocycles. The number of fused-ring (bicyclic) bond motifs is 1. The lowest BCUT2D eigenvalue weighted by Crippen LogP contribution is -2.43. The zero-order valence-electron chi connectivity index (χ0n) is 11.3. The maximum Gasteiger partial charge on any atom is 0.119 e. The molecule has 0 saturated carbocycles. The van der Waals surface area contributed by atoms with Crippen molar-refractivity contribution >= 4 is 28.6 Å². The minimum absolute atomic E-state index is 0.233. The maximum absolute atomic E-state index is 10.6. The van der Waals surface area contributed by atoms with Gasteiger partial charge >= 0.3 is 0 Å². The largest absolute Gasteiger partial charge is 0.548 e. The molecule has 2 N–H and O–H groups in total. The Balaban J connectivity index is 2.26. The van der Waals surface area contributed by atoms with Crippen LogP contribution in [0.2, 0.25) is 0 Å². The van der Waals surface area contributed by atoms with Crippen molar-refractivity contribution in [1.29, 1.82) is 0 Å². The lowest BCUT2D eigenvalue weighted by Gasteiger charge is -2.12. The Kier molecular flexibility index (Phi) is 4.46. The highest BCUT2D eigenvalue weighted by Crippen LogP contribution is 2.26. The molecule has 0 aliphatic heterocycles. The molecule has 0 fully saturated rings. The number of carbonyl (C=O) groups is 1. The molecule has 0 spiro atoms. The van der Waals surface area contributed by atoms with Crippen LogP contribution in [-0.4, -0.2) is 29.9 Å². The van der Waals surface area contributed by atoms with Crippen LogP contribution >= 0.6 is 11.8 Å². The quantitative estimate of drug-likeness (QED) is 0.817. The Hall–Kier alpha value is -1.79. The summed E-state index contributed by atoms with van der Waals surface area (Å²) < 4.78 is 5.19. The van der Waals surface area contributed by atoms with Gasteiger partial charge in [0.25, 0.3) is 0 Å². The molecular weight excluding hydrogens is 276 g/mol. The molecule has 0 bridgehead atoms. The lowest BCUT2D eigenvalue weighted by molar-refractivity contribution is -0.306. The van der Waals surface area contributed by atoms with E-state index in [9.17, 15) is 9.90 Å². The highest BCUT2D eigenvalue weighted by Gasteiger charge is 2.08. The summed E-state index contributed by atoms with van der Waals surface area (Å²) in [4.78, 5) is 15.1. The number of hydrogen-bond donors (Lipinski definition) is 1. The number of methoxy groups -OCH3 is 1. The summed E-state index contributed by atoms with van der Waals surface area (Å²) >= 11 is 1.31. The normalized spacial score (nSPS) is 12.3. The second-order valence-electron chi connectivity index (χ2n) is 4.40. The molecule has 6 heteroatoms. The fraction of sp³-hybridized carbons (Fsp3) is 0.286. The molecule has 2 rings (SSSR count). The number of hydrogen-bond acceptors (Lipinski definition) is 6. The lowest BCUT2D eigenvalue weighted by atomic mass is 10.1. The van der Waals surface area contributed by atoms with Crippen LogP contribution in [0.4, 0.5) is 0 Å². The second kappa shape index (κ2) is 6.11. The summed E-state index contributed by atoms with van der Waals surface area (Å²) in [6, 6.07) is 6.57. The van der Waals surface area contributed by atoms with E-state index in [1.54, 1.807) is 7.11 Å². The van der Waals surface area contributed by atoms with Gasteiger partial charge < -0.3 is 20.4 Å². The molecule has 0 amide bonds. The average molecular weight is 291 g/mol. The zero-order valence-corrected chi connectivity index (χ0v) is 12.1. The summed E-state index contributed by atoms with van der Waals surface area (Å²) in [5.74, 6) is -0.238. The van der Waals surface area contributed by atoms with Crippen LogP contribution in [0.15, 0.2) is 29.3 Å². The molecule has 5 nitrogen and oxygen atoms in total. The number of pyridine rings is 1.